The number of hydrogen-bond acceptors (Lipinski definition) is 3. The molecular formula is C19H25NO2S. The molecule has 3 nitrogen and oxygen atoms in total. The minimum absolute atomic E-state index is 0.145. The maximum atomic E-state index is 11.5. The molecule has 2 aromatic rings. The molecule has 23 heavy (non-hydrogen) atoms. The van der Waals surface area contributed by atoms with E-state index in [2.05, 4.69) is 42.0 Å². The van der Waals surface area contributed by atoms with Gasteiger partial charge in [0.2, 0.25) is 5.91 Å². The molecule has 0 aromatic heterocycles. The Labute approximate surface area is 142 Å². The van der Waals surface area contributed by atoms with Gasteiger partial charge in [-0.2, -0.15) is 0 Å². The highest BCUT2D eigenvalue weighted by atomic mass is 32.2. The first-order valence-corrected chi connectivity index (χ1v) is 9.19. The Kier molecular flexibility index (Phi) is 7.27. The van der Waals surface area contributed by atoms with E-state index in [1.807, 2.05) is 6.07 Å². The summed E-state index contributed by atoms with van der Waals surface area (Å²) in [6, 6.07) is 12.6. The van der Waals surface area contributed by atoms with Gasteiger partial charge in [0, 0.05) is 12.2 Å². The molecule has 0 saturated heterocycles. The molecule has 0 aliphatic rings. The summed E-state index contributed by atoms with van der Waals surface area (Å²) < 4.78 is 8.24. The zero-order chi connectivity index (χ0) is 16.5. The predicted octanol–water partition coefficient (Wildman–Crippen LogP) is 4.74. The average Bonchev–Trinajstić information content (AvgIpc) is 2.59. The fraction of sp³-hybridized carbons (Fsp3) is 0.421. The molecule has 0 radical (unpaired) electrons. The second-order valence-electron chi connectivity index (χ2n) is 5.59. The number of methoxy groups -OCH3 is 1. The number of nitrogens with one attached hydrogen (secondary N) is 1. The molecule has 0 atom stereocenters. The van der Waals surface area contributed by atoms with Gasteiger partial charge in [0.25, 0.3) is 0 Å². The van der Waals surface area contributed by atoms with Crippen LogP contribution in [-0.4, -0.2) is 18.8 Å². The van der Waals surface area contributed by atoms with E-state index in [0.29, 0.717) is 6.42 Å². The van der Waals surface area contributed by atoms with Crippen molar-refractivity contribution < 1.29 is 9.53 Å². The number of fused-ring (bicyclic) bond motifs is 1. The van der Waals surface area contributed by atoms with Crippen molar-refractivity contribution in [1.82, 2.24) is 4.72 Å². The summed E-state index contributed by atoms with van der Waals surface area (Å²) in [4.78, 5) is 11.5. The lowest BCUT2D eigenvalue weighted by atomic mass is 10.0. The Morgan fingerprint density at radius 1 is 1.22 bits per heavy atom. The van der Waals surface area contributed by atoms with Crippen molar-refractivity contribution in [3.05, 3.63) is 42.0 Å². The van der Waals surface area contributed by atoms with E-state index in [1.165, 1.54) is 28.3 Å². The zero-order valence-corrected chi connectivity index (χ0v) is 14.7. The lowest BCUT2D eigenvalue weighted by Gasteiger charge is -2.09. The number of carbonyl (C=O) groups is 1. The van der Waals surface area contributed by atoms with Gasteiger partial charge in [-0.15, -0.1) is 0 Å². The van der Waals surface area contributed by atoms with E-state index in [-0.39, 0.29) is 5.91 Å². The van der Waals surface area contributed by atoms with Crippen LogP contribution in [0.15, 0.2) is 36.4 Å². The number of rotatable bonds is 9. The van der Waals surface area contributed by atoms with Crippen molar-refractivity contribution in [2.75, 3.05) is 12.9 Å². The van der Waals surface area contributed by atoms with Gasteiger partial charge in [0.15, 0.2) is 0 Å². The summed E-state index contributed by atoms with van der Waals surface area (Å²) in [6.07, 6.45) is 4.69. The van der Waals surface area contributed by atoms with Crippen LogP contribution < -0.4 is 9.46 Å². The minimum atomic E-state index is 0.145. The number of unbranched alkanes of at least 4 members (excludes halogenated alkanes) is 1. The van der Waals surface area contributed by atoms with Crippen LogP contribution in [0, 0.1) is 0 Å². The topological polar surface area (TPSA) is 38.3 Å². The van der Waals surface area contributed by atoms with E-state index in [9.17, 15) is 4.79 Å². The zero-order valence-electron chi connectivity index (χ0n) is 13.9. The molecule has 1 N–H and O–H groups in total. The van der Waals surface area contributed by atoms with Crippen LogP contribution in [0.4, 0.5) is 0 Å². The lowest BCUT2D eigenvalue weighted by molar-refractivity contribution is -0.119. The highest BCUT2D eigenvalue weighted by Gasteiger charge is 2.04. The van der Waals surface area contributed by atoms with Gasteiger partial charge in [0.1, 0.15) is 5.75 Å². The van der Waals surface area contributed by atoms with Crippen LogP contribution in [0.2, 0.25) is 0 Å². The summed E-state index contributed by atoms with van der Waals surface area (Å²) in [7, 11) is 1.70. The minimum Gasteiger partial charge on any atom is -0.497 e. The van der Waals surface area contributed by atoms with Gasteiger partial charge in [0.05, 0.1) is 7.11 Å². The smallest absolute Gasteiger partial charge is 0.229 e. The Bertz CT molecular complexity index is 642. The van der Waals surface area contributed by atoms with Crippen molar-refractivity contribution in [3.63, 3.8) is 0 Å². The third kappa shape index (κ3) is 5.47. The molecule has 0 aliphatic heterocycles. The maximum absolute atomic E-state index is 11.5. The number of amides is 1. The summed E-state index contributed by atoms with van der Waals surface area (Å²) in [5.74, 6) is 1.97. The van der Waals surface area contributed by atoms with Gasteiger partial charge >= 0.3 is 0 Å². The molecule has 0 unspecified atom stereocenters. The summed E-state index contributed by atoms with van der Waals surface area (Å²) >= 11 is 1.52. The van der Waals surface area contributed by atoms with E-state index in [4.69, 9.17) is 4.74 Å². The van der Waals surface area contributed by atoms with Crippen LogP contribution >= 0.6 is 11.9 Å². The van der Waals surface area contributed by atoms with E-state index in [1.54, 1.807) is 7.11 Å². The Hall–Kier alpha value is -1.68. The molecule has 124 valence electrons. The van der Waals surface area contributed by atoms with Crippen molar-refractivity contribution in [1.29, 1.82) is 0 Å². The molecule has 0 bridgehead atoms. The highest BCUT2D eigenvalue weighted by molar-refractivity contribution is 7.97. The summed E-state index contributed by atoms with van der Waals surface area (Å²) in [5, 5.41) is 2.49. The van der Waals surface area contributed by atoms with Crippen LogP contribution in [0.5, 0.6) is 5.75 Å². The molecule has 0 spiro atoms. The molecule has 2 rings (SSSR count). The Balaban J connectivity index is 1.84. The number of carbonyl (C=O) groups excluding carboxylic acids is 1. The fourth-order valence-electron chi connectivity index (χ4n) is 2.52. The maximum Gasteiger partial charge on any atom is 0.229 e. The van der Waals surface area contributed by atoms with Crippen molar-refractivity contribution >= 4 is 28.6 Å². The third-order valence-electron chi connectivity index (χ3n) is 3.82. The van der Waals surface area contributed by atoms with Crippen LogP contribution in [0.3, 0.4) is 0 Å². The van der Waals surface area contributed by atoms with Gasteiger partial charge in [-0.25, -0.2) is 0 Å². The first-order chi connectivity index (χ1) is 11.2. The van der Waals surface area contributed by atoms with E-state index in [0.717, 1.165) is 37.2 Å². The van der Waals surface area contributed by atoms with Gasteiger partial charge in [-0.1, -0.05) is 49.6 Å². The van der Waals surface area contributed by atoms with Crippen LogP contribution in [-0.2, 0) is 11.2 Å². The molecule has 4 heteroatoms. The van der Waals surface area contributed by atoms with E-state index < -0.39 is 0 Å². The highest BCUT2D eigenvalue weighted by Crippen LogP contribution is 2.25. The predicted molar refractivity (Wildman–Crippen MR) is 98.9 cm³/mol. The molecule has 0 heterocycles. The number of aryl methyl sites for hydroxylation is 1. The van der Waals surface area contributed by atoms with Gasteiger partial charge in [-0.05, 0) is 47.7 Å². The second-order valence-corrected chi connectivity index (χ2v) is 6.49. The SMILES string of the molecule is CCCCC(=O)NSCCCc1cccc2ccc(OC)cc12. The van der Waals surface area contributed by atoms with Crippen LogP contribution in [0.25, 0.3) is 10.8 Å². The largest absolute Gasteiger partial charge is 0.497 e. The third-order valence-corrected chi connectivity index (χ3v) is 4.68. The van der Waals surface area contributed by atoms with Gasteiger partial charge in [-0.3, -0.25) is 4.79 Å². The van der Waals surface area contributed by atoms with Crippen molar-refractivity contribution in [2.24, 2.45) is 0 Å². The lowest BCUT2D eigenvalue weighted by Crippen LogP contribution is -2.15. The second kappa shape index (κ2) is 9.46. The fourth-order valence-corrected chi connectivity index (χ4v) is 3.17. The molecule has 1 amide bonds. The molecule has 2 aromatic carbocycles. The summed E-state index contributed by atoms with van der Waals surface area (Å²) in [5.41, 5.74) is 1.33. The molecule has 0 saturated carbocycles. The number of ether oxygens (including phenoxy) is 1. The number of benzene rings is 2. The summed E-state index contributed by atoms with van der Waals surface area (Å²) in [6.45, 7) is 2.10. The Morgan fingerprint density at radius 2 is 2.09 bits per heavy atom. The molecule has 0 fully saturated rings. The first-order valence-electron chi connectivity index (χ1n) is 8.21. The average molecular weight is 331 g/mol. The normalized spacial score (nSPS) is 10.7. The quantitative estimate of drug-likeness (QED) is 0.533. The standard InChI is InChI=1S/C19H25NO2S/c1-3-4-10-19(21)20-23-13-6-9-15-7-5-8-16-11-12-17(22-2)14-18(15)16/h5,7-8,11-12,14H,3-4,6,9-10,13H2,1-2H3,(H,20,21). The van der Waals surface area contributed by atoms with Crippen LogP contribution in [0.1, 0.15) is 38.2 Å². The molecule has 0 aliphatic carbocycles. The molecular weight excluding hydrogens is 306 g/mol. The first kappa shape index (κ1) is 17.7. The van der Waals surface area contributed by atoms with E-state index >= 15 is 0 Å². The number of hydrogen-bond donors (Lipinski definition) is 1. The Morgan fingerprint density at radius 3 is 2.87 bits per heavy atom. The van der Waals surface area contributed by atoms with Gasteiger partial charge < -0.3 is 9.46 Å². The van der Waals surface area contributed by atoms with Crippen molar-refractivity contribution in [2.45, 2.75) is 39.0 Å². The van der Waals surface area contributed by atoms with Crippen molar-refractivity contribution in [3.8, 4) is 5.75 Å². The monoisotopic (exact) mass is 331 g/mol.